The quantitative estimate of drug-likeness (QED) is 0.748. The number of fused-ring (bicyclic) bond motifs is 2. The van der Waals surface area contributed by atoms with Gasteiger partial charge in [-0.25, -0.2) is 0 Å². The van der Waals surface area contributed by atoms with Gasteiger partial charge in [0.15, 0.2) is 23.0 Å². The number of benzene rings is 2. The molecular weight excluding hydrogens is 398 g/mol. The van der Waals surface area contributed by atoms with Crippen LogP contribution in [-0.4, -0.2) is 33.0 Å². The zero-order valence-electron chi connectivity index (χ0n) is 14.6. The second-order valence-electron chi connectivity index (χ2n) is 6.36. The molecule has 0 spiro atoms. The van der Waals surface area contributed by atoms with Gasteiger partial charge in [0.1, 0.15) is 13.2 Å². The molecule has 2 aromatic rings. The predicted molar refractivity (Wildman–Crippen MR) is 103 cm³/mol. The van der Waals surface area contributed by atoms with Gasteiger partial charge in [-0.1, -0.05) is 6.07 Å². The van der Waals surface area contributed by atoms with E-state index in [2.05, 4.69) is 45.5 Å². The van der Waals surface area contributed by atoms with Crippen LogP contribution in [0.2, 0.25) is 0 Å². The SMILES string of the molecule is Brc1cc(CNCCc2ccc3c(c2)OCCO3)cc2c1OCCCO2. The Morgan fingerprint density at radius 1 is 0.808 bits per heavy atom. The van der Waals surface area contributed by atoms with Gasteiger partial charge in [0, 0.05) is 13.0 Å². The first-order valence-electron chi connectivity index (χ1n) is 8.97. The van der Waals surface area contributed by atoms with E-state index in [1.165, 1.54) is 11.1 Å². The fraction of sp³-hybridized carbons (Fsp3) is 0.400. The molecule has 0 atom stereocenters. The topological polar surface area (TPSA) is 49.0 Å². The molecule has 0 aliphatic carbocycles. The minimum absolute atomic E-state index is 0.619. The van der Waals surface area contributed by atoms with E-state index in [0.717, 1.165) is 53.4 Å². The number of nitrogens with one attached hydrogen (secondary N) is 1. The van der Waals surface area contributed by atoms with Crippen LogP contribution < -0.4 is 24.3 Å². The van der Waals surface area contributed by atoms with E-state index in [1.54, 1.807) is 0 Å². The van der Waals surface area contributed by atoms with Crippen LogP contribution in [0, 0.1) is 0 Å². The van der Waals surface area contributed by atoms with Gasteiger partial charge in [-0.2, -0.15) is 0 Å². The van der Waals surface area contributed by atoms with E-state index in [-0.39, 0.29) is 0 Å². The zero-order chi connectivity index (χ0) is 17.8. The van der Waals surface area contributed by atoms with Gasteiger partial charge in [-0.3, -0.25) is 0 Å². The van der Waals surface area contributed by atoms with Crippen LogP contribution in [0.1, 0.15) is 17.5 Å². The van der Waals surface area contributed by atoms with E-state index in [9.17, 15) is 0 Å². The Bertz CT molecular complexity index is 781. The molecule has 138 valence electrons. The highest BCUT2D eigenvalue weighted by molar-refractivity contribution is 9.10. The molecule has 4 rings (SSSR count). The second-order valence-corrected chi connectivity index (χ2v) is 7.21. The third kappa shape index (κ3) is 4.07. The first-order chi connectivity index (χ1) is 12.8. The van der Waals surface area contributed by atoms with Gasteiger partial charge < -0.3 is 24.3 Å². The molecule has 0 saturated carbocycles. The van der Waals surface area contributed by atoms with E-state index in [0.29, 0.717) is 26.4 Å². The molecule has 0 amide bonds. The Hall–Kier alpha value is -1.92. The maximum absolute atomic E-state index is 5.79. The van der Waals surface area contributed by atoms with Gasteiger partial charge in [-0.05, 0) is 64.3 Å². The lowest BCUT2D eigenvalue weighted by atomic mass is 10.1. The molecule has 0 aromatic heterocycles. The number of ether oxygens (including phenoxy) is 4. The summed E-state index contributed by atoms with van der Waals surface area (Å²) in [5.74, 6) is 3.31. The molecule has 0 radical (unpaired) electrons. The van der Waals surface area contributed by atoms with E-state index in [1.807, 2.05) is 6.07 Å². The number of hydrogen-bond donors (Lipinski definition) is 1. The summed E-state index contributed by atoms with van der Waals surface area (Å²) in [4.78, 5) is 0. The fourth-order valence-electron chi connectivity index (χ4n) is 3.09. The van der Waals surface area contributed by atoms with E-state index < -0.39 is 0 Å². The Morgan fingerprint density at radius 2 is 1.58 bits per heavy atom. The maximum Gasteiger partial charge on any atom is 0.175 e. The van der Waals surface area contributed by atoms with Crippen molar-refractivity contribution < 1.29 is 18.9 Å². The van der Waals surface area contributed by atoms with E-state index >= 15 is 0 Å². The second kappa shape index (κ2) is 8.18. The van der Waals surface area contributed by atoms with Crippen molar-refractivity contribution in [3.8, 4) is 23.0 Å². The lowest BCUT2D eigenvalue weighted by Crippen LogP contribution is -2.18. The van der Waals surface area contributed by atoms with Crippen molar-refractivity contribution in [3.63, 3.8) is 0 Å². The summed E-state index contributed by atoms with van der Waals surface area (Å²) >= 11 is 3.59. The summed E-state index contributed by atoms with van der Waals surface area (Å²) in [6.07, 6.45) is 1.84. The van der Waals surface area contributed by atoms with Gasteiger partial charge in [-0.15, -0.1) is 0 Å². The van der Waals surface area contributed by atoms with Crippen molar-refractivity contribution in [2.75, 3.05) is 33.0 Å². The summed E-state index contributed by atoms with van der Waals surface area (Å²) in [6.45, 7) is 4.29. The highest BCUT2D eigenvalue weighted by atomic mass is 79.9. The Kier molecular flexibility index (Phi) is 5.51. The average Bonchev–Trinajstić information content (AvgIpc) is 2.91. The Labute approximate surface area is 161 Å². The minimum atomic E-state index is 0.619. The molecule has 0 unspecified atom stereocenters. The Morgan fingerprint density at radius 3 is 2.50 bits per heavy atom. The molecule has 2 heterocycles. The number of hydrogen-bond acceptors (Lipinski definition) is 5. The van der Waals surface area contributed by atoms with Gasteiger partial charge >= 0.3 is 0 Å². The molecule has 2 aliphatic heterocycles. The predicted octanol–water partition coefficient (Wildman–Crippen LogP) is 3.71. The molecule has 0 fully saturated rings. The van der Waals surface area contributed by atoms with Crippen LogP contribution in [0.4, 0.5) is 0 Å². The van der Waals surface area contributed by atoms with Crippen LogP contribution in [0.15, 0.2) is 34.8 Å². The van der Waals surface area contributed by atoms with Gasteiger partial charge in [0.05, 0.1) is 17.7 Å². The van der Waals surface area contributed by atoms with Gasteiger partial charge in [0.2, 0.25) is 0 Å². The van der Waals surface area contributed by atoms with Crippen LogP contribution in [-0.2, 0) is 13.0 Å². The summed E-state index contributed by atoms with van der Waals surface area (Å²) in [5.41, 5.74) is 2.41. The van der Waals surface area contributed by atoms with Crippen molar-refractivity contribution in [1.29, 1.82) is 0 Å². The molecule has 0 saturated heterocycles. The Balaban J connectivity index is 1.32. The normalized spacial score (nSPS) is 15.4. The highest BCUT2D eigenvalue weighted by Gasteiger charge is 2.15. The van der Waals surface area contributed by atoms with E-state index in [4.69, 9.17) is 18.9 Å². The van der Waals surface area contributed by atoms with Crippen molar-refractivity contribution >= 4 is 15.9 Å². The lowest BCUT2D eigenvalue weighted by molar-refractivity contribution is 0.171. The molecule has 26 heavy (non-hydrogen) atoms. The van der Waals surface area contributed by atoms with Gasteiger partial charge in [0.25, 0.3) is 0 Å². The molecule has 1 N–H and O–H groups in total. The van der Waals surface area contributed by atoms with Crippen LogP contribution in [0.3, 0.4) is 0 Å². The summed E-state index contributed by atoms with van der Waals surface area (Å²) < 4.78 is 23.7. The number of rotatable bonds is 5. The molecule has 6 heteroatoms. The van der Waals surface area contributed by atoms with Crippen LogP contribution >= 0.6 is 15.9 Å². The fourth-order valence-corrected chi connectivity index (χ4v) is 3.70. The van der Waals surface area contributed by atoms with Crippen molar-refractivity contribution in [1.82, 2.24) is 5.32 Å². The first-order valence-corrected chi connectivity index (χ1v) is 9.76. The third-order valence-electron chi connectivity index (χ3n) is 4.39. The first kappa shape index (κ1) is 17.5. The maximum atomic E-state index is 5.79. The lowest BCUT2D eigenvalue weighted by Gasteiger charge is -2.19. The zero-order valence-corrected chi connectivity index (χ0v) is 16.1. The molecular formula is C20H22BrNO4. The average molecular weight is 420 g/mol. The smallest absolute Gasteiger partial charge is 0.175 e. The molecule has 2 aliphatic rings. The van der Waals surface area contributed by atoms with Crippen LogP contribution in [0.25, 0.3) is 0 Å². The standard InChI is InChI=1S/C20H22BrNO4/c21-16-10-15(12-19-20(16)26-7-1-6-23-19)13-22-5-4-14-2-3-17-18(11-14)25-9-8-24-17/h2-3,10-12,22H,1,4-9,13H2. The van der Waals surface area contributed by atoms with Crippen LogP contribution in [0.5, 0.6) is 23.0 Å². The molecule has 2 aromatic carbocycles. The van der Waals surface area contributed by atoms with Crippen molar-refractivity contribution in [2.24, 2.45) is 0 Å². The largest absolute Gasteiger partial charge is 0.490 e. The summed E-state index contributed by atoms with van der Waals surface area (Å²) in [7, 11) is 0. The molecule has 0 bridgehead atoms. The summed E-state index contributed by atoms with van der Waals surface area (Å²) in [5, 5.41) is 3.49. The van der Waals surface area contributed by atoms with Crippen molar-refractivity contribution in [2.45, 2.75) is 19.4 Å². The molecule has 5 nitrogen and oxygen atoms in total. The minimum Gasteiger partial charge on any atom is -0.490 e. The van der Waals surface area contributed by atoms with Crippen molar-refractivity contribution in [3.05, 3.63) is 45.9 Å². The number of halogens is 1. The highest BCUT2D eigenvalue weighted by Crippen LogP contribution is 2.38. The summed E-state index contributed by atoms with van der Waals surface area (Å²) in [6, 6.07) is 10.3. The third-order valence-corrected chi connectivity index (χ3v) is 4.98. The monoisotopic (exact) mass is 419 g/mol.